The summed E-state index contributed by atoms with van der Waals surface area (Å²) in [7, 11) is 0. The van der Waals surface area contributed by atoms with E-state index in [0.717, 1.165) is 12.8 Å². The Morgan fingerprint density at radius 2 is 0.711 bits per heavy atom. The van der Waals surface area contributed by atoms with Gasteiger partial charge in [-0.15, -0.1) is 41.5 Å². The minimum absolute atomic E-state index is 0. The van der Waals surface area contributed by atoms with E-state index in [0.29, 0.717) is 0 Å². The average Bonchev–Trinajstić information content (AvgIpc) is 1.83. The Kier molecular flexibility index (Phi) is 27.1. The van der Waals surface area contributed by atoms with Crippen molar-refractivity contribution in [3.63, 3.8) is 0 Å². The van der Waals surface area contributed by atoms with Crippen LogP contribution in [0.3, 0.4) is 0 Å². The molecule has 2 aliphatic carbocycles. The third kappa shape index (κ3) is 21.3. The molecule has 0 unspecified atom stereocenters. The van der Waals surface area contributed by atoms with Crippen LogP contribution in [0.2, 0.25) is 0 Å². The second-order valence-electron chi connectivity index (χ2n) is 28.8. The maximum Gasteiger partial charge on any atom is -0.147 e. The number of benzene rings is 8. The van der Waals surface area contributed by atoms with E-state index in [9.17, 15) is 0 Å². The predicted molar refractivity (Wildman–Crippen MR) is 390 cm³/mol. The van der Waals surface area contributed by atoms with E-state index >= 15 is 0 Å². The maximum absolute atomic E-state index is 3.67. The van der Waals surface area contributed by atoms with Crippen LogP contribution in [-0.4, -0.2) is 6.41 Å². The van der Waals surface area contributed by atoms with Gasteiger partial charge in [-0.25, -0.2) is 23.3 Å². The van der Waals surface area contributed by atoms with E-state index < -0.39 is 0 Å². The monoisotopic (exact) mass is 1380 g/mol. The Balaban J connectivity index is 0.000000203. The van der Waals surface area contributed by atoms with Gasteiger partial charge in [0.25, 0.3) is 0 Å². The summed E-state index contributed by atoms with van der Waals surface area (Å²) in [6.45, 7) is 44.2. The average molecular weight is 1390 g/mol. The van der Waals surface area contributed by atoms with Crippen molar-refractivity contribution >= 4 is 31.2 Å². The van der Waals surface area contributed by atoms with E-state index in [1.54, 1.807) is 0 Å². The van der Waals surface area contributed by atoms with E-state index in [4.69, 9.17) is 0 Å². The molecule has 0 spiro atoms. The van der Waals surface area contributed by atoms with Crippen molar-refractivity contribution in [1.29, 1.82) is 0 Å². The molecule has 2 aliphatic rings. The molecule has 0 radical (unpaired) electrons. The summed E-state index contributed by atoms with van der Waals surface area (Å²) in [4.78, 5) is 0. The maximum atomic E-state index is 3.67. The second-order valence-corrected chi connectivity index (χ2v) is 31.2. The molecule has 10 aromatic carbocycles. The fraction of sp³-hybridized carbons (Fsp3) is 0.302. The van der Waals surface area contributed by atoms with Gasteiger partial charge in [0.05, 0.1) is 0 Å². The van der Waals surface area contributed by atoms with Crippen LogP contribution >= 0.6 is 24.8 Å². The summed E-state index contributed by atoms with van der Waals surface area (Å²) >= 11 is 2.93. The number of aryl methyl sites for hydroxylation is 8. The smallest absolute Gasteiger partial charge is 0.147 e. The summed E-state index contributed by atoms with van der Waals surface area (Å²) in [6, 6.07) is 78.1. The van der Waals surface area contributed by atoms with Gasteiger partial charge in [-0.3, -0.25) is 0 Å². The summed E-state index contributed by atoms with van der Waals surface area (Å²) in [5, 5.41) is 0. The molecule has 0 saturated carbocycles. The largest absolute Gasteiger partial charge is 0.147 e. The van der Waals surface area contributed by atoms with Gasteiger partial charge in [0, 0.05) is 0 Å². The fourth-order valence-electron chi connectivity index (χ4n) is 10.7. The SMILES string of the molecule is CC(C)(C)c1[c-]c2c(cc1)-c1ccc(C(C)(C)C)cc1C2.CC(C)(C)c1c[c-]c2c(c1)-c1cc(C(C)(C)C)ccc1C2.Cc1c[cH-]c(C)c1.Cc1c[cH-]c(C)c1.Cc1ccc([C](=[Zr+2])c2ccc(C)cc2)cc1.Cc1ccc([C](=[Zr+2])c2ccc(C)cc2)cc1.Cl.Cl. The first kappa shape index (κ1) is 75.3. The molecule has 0 bridgehead atoms. The normalized spacial score (nSPS) is 11.6. The molecule has 10 aromatic rings. The zero-order chi connectivity index (χ0) is 64.5. The Hall–Kier alpha value is -5.45. The molecule has 12 rings (SSSR count). The standard InChI is InChI=1S/2C21H25.2C15H14.2C7H9.2ClH.2Zr/c1-20(2,3)16-7-9-18-14(12-16)11-15-13-17(21(4,5)6)8-10-19(15)18;1-20(2,3)16-9-7-14-11-15-8-10-17(21(4,5)6)13-19(15)18(14)12-16;2*1-12-3-7-14(8-4-12)11-15-9-5-13(2)6-10-15;2*1-6-3-4-7(2)5-6;;;;/h7-10,12H,11H2,1-6H3;7,9-10,12-13H,11H2,1-6H3;2*3-10H,1-2H3;2*3-5H,1-2H3;2*1H;;/q2*-1;;;2*-1;;;2*+2. The number of hydrogen-bond donors (Lipinski definition) is 0. The first-order valence-corrected chi connectivity index (χ1v) is 33.9. The van der Waals surface area contributed by atoms with Gasteiger partial charge < -0.3 is 0 Å². The Bertz CT molecular complexity index is 3570. The molecular weight excluding hydrogens is 1290 g/mol. The molecule has 0 fully saturated rings. The minimum Gasteiger partial charge on any atom is -0.147 e. The van der Waals surface area contributed by atoms with Gasteiger partial charge in [-0.05, 0) is 45.8 Å². The van der Waals surface area contributed by atoms with Crippen LogP contribution in [0.1, 0.15) is 194 Å². The van der Waals surface area contributed by atoms with Crippen LogP contribution in [0, 0.1) is 67.5 Å². The van der Waals surface area contributed by atoms with Crippen LogP contribution in [0.25, 0.3) is 22.3 Å². The minimum atomic E-state index is 0. The Morgan fingerprint density at radius 3 is 1.07 bits per heavy atom. The molecule has 0 amide bonds. The van der Waals surface area contributed by atoms with Gasteiger partial charge in [-0.1, -0.05) is 169 Å². The first-order chi connectivity index (χ1) is 41.2. The topological polar surface area (TPSA) is 0 Å². The second kappa shape index (κ2) is 32.4. The summed E-state index contributed by atoms with van der Waals surface area (Å²) in [6.07, 6.45) is 2.05. The van der Waals surface area contributed by atoms with Crippen LogP contribution in [-0.2, 0) is 83.0 Å². The van der Waals surface area contributed by atoms with Crippen molar-refractivity contribution in [2.45, 2.75) is 173 Å². The third-order valence-corrected chi connectivity index (χ3v) is 19.3. The number of halogens is 2. The van der Waals surface area contributed by atoms with Crippen LogP contribution in [0.5, 0.6) is 0 Å². The Morgan fingerprint density at radius 1 is 0.344 bits per heavy atom. The molecule has 90 heavy (non-hydrogen) atoms. The summed E-state index contributed by atoms with van der Waals surface area (Å²) < 4.78 is 2.85. The Labute approximate surface area is 587 Å². The molecule has 0 nitrogen and oxygen atoms in total. The van der Waals surface area contributed by atoms with Gasteiger partial charge in [0.15, 0.2) is 0 Å². The van der Waals surface area contributed by atoms with Crippen molar-refractivity contribution in [2.24, 2.45) is 0 Å². The zero-order valence-electron chi connectivity index (χ0n) is 57.7. The molecule has 0 aromatic heterocycles. The first-order valence-electron chi connectivity index (χ1n) is 31.5. The van der Waals surface area contributed by atoms with Gasteiger partial charge in [-0.2, -0.15) is 88.5 Å². The van der Waals surface area contributed by atoms with E-state index in [1.165, 1.54) is 188 Å². The molecule has 0 saturated heterocycles. The zero-order valence-corrected chi connectivity index (χ0v) is 64.3. The van der Waals surface area contributed by atoms with Gasteiger partial charge in [0.2, 0.25) is 0 Å². The molecule has 0 N–H and O–H groups in total. The number of fused-ring (bicyclic) bond motifs is 6. The summed E-state index contributed by atoms with van der Waals surface area (Å²) in [5.74, 6) is 0. The number of hydrogen-bond acceptors (Lipinski definition) is 0. The van der Waals surface area contributed by atoms with Crippen molar-refractivity contribution in [1.82, 2.24) is 0 Å². The summed E-state index contributed by atoms with van der Waals surface area (Å²) in [5.41, 5.74) is 33.5. The van der Waals surface area contributed by atoms with Crippen LogP contribution in [0.4, 0.5) is 0 Å². The predicted octanol–water partition coefficient (Wildman–Crippen LogP) is 23.0. The molecule has 0 heterocycles. The van der Waals surface area contributed by atoms with Crippen LogP contribution < -0.4 is 0 Å². The van der Waals surface area contributed by atoms with E-state index in [-0.39, 0.29) is 46.5 Å². The van der Waals surface area contributed by atoms with Crippen molar-refractivity contribution in [3.8, 4) is 22.3 Å². The third-order valence-electron chi connectivity index (χ3n) is 16.5. The molecular formula is C86H98Cl2Zr2. The quantitative estimate of drug-likeness (QED) is 0.154. The van der Waals surface area contributed by atoms with E-state index in [1.807, 2.05) is 0 Å². The fourth-order valence-corrected chi connectivity index (χ4v) is 12.3. The molecule has 4 heteroatoms. The molecule has 0 aliphatic heterocycles. The van der Waals surface area contributed by atoms with Crippen molar-refractivity contribution in [3.05, 3.63) is 318 Å². The van der Waals surface area contributed by atoms with Crippen molar-refractivity contribution < 1.29 is 48.5 Å². The van der Waals surface area contributed by atoms with Gasteiger partial charge in [0.1, 0.15) is 0 Å². The molecule has 464 valence electrons. The van der Waals surface area contributed by atoms with Crippen molar-refractivity contribution in [2.75, 3.05) is 0 Å². The van der Waals surface area contributed by atoms with E-state index in [2.05, 4.69) is 345 Å². The van der Waals surface area contributed by atoms with Gasteiger partial charge >= 0.3 is 224 Å². The molecule has 0 atom stereocenters. The van der Waals surface area contributed by atoms with Crippen LogP contribution in [0.15, 0.2) is 194 Å². The number of rotatable bonds is 4.